The molecule has 1 fully saturated rings. The molecule has 5 nitrogen and oxygen atoms in total. The Hall–Kier alpha value is -1.10. The molecule has 2 amide bonds. The number of carbonyl (C=O) groups is 2. The van der Waals surface area contributed by atoms with Crippen LogP contribution in [0, 0.1) is 5.92 Å². The maximum atomic E-state index is 12.1. The van der Waals surface area contributed by atoms with Gasteiger partial charge in [0.05, 0.1) is 12.5 Å². The van der Waals surface area contributed by atoms with Gasteiger partial charge in [-0.15, -0.1) is 0 Å². The standard InChI is InChI=1S/C13H25N3O2/c1-13(2,3)15-11(17)8-16(4)12(18)9-6-5-7-10(9)14/h9-10H,5-8,14H2,1-4H3,(H,15,17). The Labute approximate surface area is 109 Å². The highest BCUT2D eigenvalue weighted by molar-refractivity contribution is 5.86. The lowest BCUT2D eigenvalue weighted by molar-refractivity contribution is -0.138. The van der Waals surface area contributed by atoms with E-state index in [1.807, 2.05) is 20.8 Å². The van der Waals surface area contributed by atoms with Crippen molar-refractivity contribution in [1.29, 1.82) is 0 Å². The van der Waals surface area contributed by atoms with Gasteiger partial charge in [0.25, 0.3) is 0 Å². The number of amides is 2. The number of rotatable bonds is 3. The Balaban J connectivity index is 2.47. The van der Waals surface area contributed by atoms with Gasteiger partial charge in [0.15, 0.2) is 0 Å². The highest BCUT2D eigenvalue weighted by atomic mass is 16.2. The summed E-state index contributed by atoms with van der Waals surface area (Å²) in [5, 5.41) is 2.84. The van der Waals surface area contributed by atoms with Gasteiger partial charge in [-0.25, -0.2) is 0 Å². The molecule has 1 aliphatic rings. The summed E-state index contributed by atoms with van der Waals surface area (Å²) >= 11 is 0. The fourth-order valence-electron chi connectivity index (χ4n) is 2.33. The fraction of sp³-hybridized carbons (Fsp3) is 0.846. The van der Waals surface area contributed by atoms with Gasteiger partial charge >= 0.3 is 0 Å². The van der Waals surface area contributed by atoms with Crippen molar-refractivity contribution in [2.75, 3.05) is 13.6 Å². The summed E-state index contributed by atoms with van der Waals surface area (Å²) < 4.78 is 0. The van der Waals surface area contributed by atoms with Gasteiger partial charge in [-0.1, -0.05) is 6.42 Å². The number of carbonyl (C=O) groups excluding carboxylic acids is 2. The molecular formula is C13H25N3O2. The monoisotopic (exact) mass is 255 g/mol. The molecule has 18 heavy (non-hydrogen) atoms. The summed E-state index contributed by atoms with van der Waals surface area (Å²) in [5.41, 5.74) is 5.63. The van der Waals surface area contributed by atoms with E-state index in [0.717, 1.165) is 19.3 Å². The SMILES string of the molecule is CN(CC(=O)NC(C)(C)C)C(=O)C1CCCC1N. The third-order valence-corrected chi connectivity index (χ3v) is 3.16. The van der Waals surface area contributed by atoms with Crippen molar-refractivity contribution >= 4 is 11.8 Å². The van der Waals surface area contributed by atoms with Gasteiger partial charge < -0.3 is 16.0 Å². The van der Waals surface area contributed by atoms with Crippen LogP contribution in [0.2, 0.25) is 0 Å². The van der Waals surface area contributed by atoms with Crippen LogP contribution in [0.15, 0.2) is 0 Å². The topological polar surface area (TPSA) is 75.4 Å². The van der Waals surface area contributed by atoms with Crippen LogP contribution in [0.4, 0.5) is 0 Å². The van der Waals surface area contributed by atoms with E-state index in [9.17, 15) is 9.59 Å². The maximum Gasteiger partial charge on any atom is 0.240 e. The summed E-state index contributed by atoms with van der Waals surface area (Å²) in [6.07, 6.45) is 2.74. The number of hydrogen-bond acceptors (Lipinski definition) is 3. The van der Waals surface area contributed by atoms with E-state index in [0.29, 0.717) is 0 Å². The van der Waals surface area contributed by atoms with E-state index in [1.165, 1.54) is 4.90 Å². The molecule has 0 aromatic carbocycles. The van der Waals surface area contributed by atoms with Crippen LogP contribution < -0.4 is 11.1 Å². The van der Waals surface area contributed by atoms with Gasteiger partial charge in [-0.3, -0.25) is 9.59 Å². The third kappa shape index (κ3) is 4.29. The van der Waals surface area contributed by atoms with E-state index in [2.05, 4.69) is 5.32 Å². The zero-order valence-electron chi connectivity index (χ0n) is 11.8. The minimum atomic E-state index is -0.273. The van der Waals surface area contributed by atoms with Crippen LogP contribution >= 0.6 is 0 Å². The third-order valence-electron chi connectivity index (χ3n) is 3.16. The lowest BCUT2D eigenvalue weighted by Gasteiger charge is -2.26. The predicted molar refractivity (Wildman–Crippen MR) is 70.8 cm³/mol. The second-order valence-electron chi connectivity index (χ2n) is 6.19. The molecule has 2 atom stereocenters. The van der Waals surface area contributed by atoms with Gasteiger partial charge in [-0.05, 0) is 33.6 Å². The molecule has 0 heterocycles. The van der Waals surface area contributed by atoms with E-state index >= 15 is 0 Å². The van der Waals surface area contributed by atoms with Crippen molar-refractivity contribution in [1.82, 2.24) is 10.2 Å². The molecule has 0 aliphatic heterocycles. The number of hydrogen-bond donors (Lipinski definition) is 2. The average molecular weight is 255 g/mol. The molecule has 0 saturated heterocycles. The first-order chi connectivity index (χ1) is 8.20. The van der Waals surface area contributed by atoms with Crippen molar-refractivity contribution in [2.24, 2.45) is 11.7 Å². The zero-order valence-corrected chi connectivity index (χ0v) is 11.8. The minimum Gasteiger partial charge on any atom is -0.350 e. The lowest BCUT2D eigenvalue weighted by atomic mass is 10.0. The first-order valence-electron chi connectivity index (χ1n) is 6.52. The fourth-order valence-corrected chi connectivity index (χ4v) is 2.33. The first kappa shape index (κ1) is 15.0. The first-order valence-corrected chi connectivity index (χ1v) is 6.52. The van der Waals surface area contributed by atoms with Crippen molar-refractivity contribution in [3.8, 4) is 0 Å². The summed E-state index contributed by atoms with van der Waals surface area (Å²) in [5.74, 6) is -0.258. The number of likely N-dealkylation sites (N-methyl/N-ethyl adjacent to an activating group) is 1. The average Bonchev–Trinajstić information content (AvgIpc) is 2.60. The Morgan fingerprint density at radius 2 is 1.94 bits per heavy atom. The Bertz CT molecular complexity index is 323. The van der Waals surface area contributed by atoms with Crippen LogP contribution in [-0.4, -0.2) is 41.9 Å². The van der Waals surface area contributed by atoms with Gasteiger partial charge in [0.2, 0.25) is 11.8 Å². The zero-order chi connectivity index (χ0) is 13.9. The van der Waals surface area contributed by atoms with Crippen LogP contribution in [0.3, 0.4) is 0 Å². The van der Waals surface area contributed by atoms with E-state index < -0.39 is 0 Å². The largest absolute Gasteiger partial charge is 0.350 e. The Morgan fingerprint density at radius 3 is 2.39 bits per heavy atom. The minimum absolute atomic E-state index is 0.0101. The molecule has 0 bridgehead atoms. The molecule has 1 rings (SSSR count). The van der Waals surface area contributed by atoms with Crippen LogP contribution in [0.5, 0.6) is 0 Å². The molecule has 1 saturated carbocycles. The second-order valence-corrected chi connectivity index (χ2v) is 6.19. The summed E-state index contributed by atoms with van der Waals surface area (Å²) in [6.45, 7) is 5.85. The summed E-state index contributed by atoms with van der Waals surface area (Å²) in [7, 11) is 1.66. The number of nitrogens with two attached hydrogens (primary N) is 1. The second kappa shape index (κ2) is 5.69. The van der Waals surface area contributed by atoms with Gasteiger partial charge in [0, 0.05) is 18.6 Å². The lowest BCUT2D eigenvalue weighted by Crippen LogP contribution is -2.48. The quantitative estimate of drug-likeness (QED) is 0.770. The van der Waals surface area contributed by atoms with Crippen LogP contribution in [0.25, 0.3) is 0 Å². The number of nitrogens with one attached hydrogen (secondary N) is 1. The van der Waals surface area contributed by atoms with Crippen molar-refractivity contribution in [2.45, 2.75) is 51.6 Å². The Kier molecular flexibility index (Phi) is 4.73. The van der Waals surface area contributed by atoms with Gasteiger partial charge in [0.1, 0.15) is 0 Å². The molecule has 3 N–H and O–H groups in total. The van der Waals surface area contributed by atoms with Crippen LogP contribution in [0.1, 0.15) is 40.0 Å². The van der Waals surface area contributed by atoms with Crippen LogP contribution in [-0.2, 0) is 9.59 Å². The molecular weight excluding hydrogens is 230 g/mol. The maximum absolute atomic E-state index is 12.1. The molecule has 0 spiro atoms. The molecule has 0 radical (unpaired) electrons. The molecule has 1 aliphatic carbocycles. The summed E-state index contributed by atoms with van der Waals surface area (Å²) in [4.78, 5) is 25.3. The van der Waals surface area contributed by atoms with Crippen molar-refractivity contribution in [3.05, 3.63) is 0 Å². The predicted octanol–water partition coefficient (Wildman–Crippen LogP) is 0.487. The number of nitrogens with zero attached hydrogens (tertiary/aromatic N) is 1. The van der Waals surface area contributed by atoms with E-state index in [1.54, 1.807) is 7.05 Å². The van der Waals surface area contributed by atoms with E-state index in [-0.39, 0.29) is 35.9 Å². The highest BCUT2D eigenvalue weighted by Gasteiger charge is 2.32. The van der Waals surface area contributed by atoms with Crippen molar-refractivity contribution in [3.63, 3.8) is 0 Å². The van der Waals surface area contributed by atoms with Crippen molar-refractivity contribution < 1.29 is 9.59 Å². The molecule has 0 aromatic rings. The molecule has 5 heteroatoms. The smallest absolute Gasteiger partial charge is 0.240 e. The molecule has 0 aromatic heterocycles. The molecule has 2 unspecified atom stereocenters. The van der Waals surface area contributed by atoms with E-state index in [4.69, 9.17) is 5.73 Å². The highest BCUT2D eigenvalue weighted by Crippen LogP contribution is 2.25. The molecule has 104 valence electrons. The Morgan fingerprint density at radius 1 is 1.33 bits per heavy atom. The summed E-state index contributed by atoms with van der Waals surface area (Å²) in [6, 6.07) is -0.0503. The van der Waals surface area contributed by atoms with Gasteiger partial charge in [-0.2, -0.15) is 0 Å². The normalized spacial score (nSPS) is 23.8.